The van der Waals surface area contributed by atoms with Crippen molar-refractivity contribution in [1.29, 1.82) is 0 Å². The Morgan fingerprint density at radius 2 is 0.762 bits per heavy atom. The maximum absolute atomic E-state index is 11.9. The Kier molecular flexibility index (Phi) is 17.3. The maximum atomic E-state index is 11.9. The van der Waals surface area contributed by atoms with Crippen LogP contribution in [0.3, 0.4) is 0 Å². The minimum absolute atomic E-state index is 0. The molecule has 0 bridgehead atoms. The fraction of sp³-hybridized carbons (Fsp3) is 0.170. The molecule has 0 aliphatic heterocycles. The molecule has 2 aromatic heterocycles. The molecule has 2 heterocycles. The van der Waals surface area contributed by atoms with E-state index in [9.17, 15) is 14.7 Å². The predicted molar refractivity (Wildman–Crippen MR) is 241 cm³/mol. The fourth-order valence-corrected chi connectivity index (χ4v) is 8.27. The first kappa shape index (κ1) is 48.3. The van der Waals surface area contributed by atoms with Gasteiger partial charge >= 0.3 is 63.3 Å². The van der Waals surface area contributed by atoms with Crippen molar-refractivity contribution >= 4 is 11.9 Å². The predicted octanol–water partition coefficient (Wildman–Crippen LogP) is 6.89. The number of imidazole rings is 2. The Bertz CT molecular complexity index is 2410. The van der Waals surface area contributed by atoms with Gasteiger partial charge in [0.25, 0.3) is 0 Å². The first-order valence-corrected chi connectivity index (χ1v) is 20.5. The van der Waals surface area contributed by atoms with Gasteiger partial charge in [0, 0.05) is 25.2 Å². The number of nitrogens with zero attached hydrogens (tertiary/aromatic N) is 4. The number of esters is 1. The van der Waals surface area contributed by atoms with Crippen molar-refractivity contribution in [3.8, 4) is 0 Å². The third kappa shape index (κ3) is 10.4. The van der Waals surface area contributed by atoms with E-state index in [4.69, 9.17) is 4.74 Å². The molecule has 314 valence electrons. The number of carbonyl (C=O) groups is 2. The summed E-state index contributed by atoms with van der Waals surface area (Å²) in [6, 6.07) is 62.4. The van der Waals surface area contributed by atoms with Gasteiger partial charge in [-0.25, -0.2) is 9.97 Å². The van der Waals surface area contributed by atoms with Gasteiger partial charge in [-0.2, -0.15) is 0 Å². The van der Waals surface area contributed by atoms with Gasteiger partial charge < -0.3 is 24.5 Å². The number of rotatable bonds is 14. The summed E-state index contributed by atoms with van der Waals surface area (Å²) in [4.78, 5) is 32.5. The molecule has 2 unspecified atom stereocenters. The number of carbonyl (C=O) groups excluding carboxylic acids is 1. The molecule has 8 rings (SSSR count). The maximum Gasteiger partial charge on any atom is 1.00 e. The fourth-order valence-electron chi connectivity index (χ4n) is 8.27. The van der Waals surface area contributed by atoms with Crippen molar-refractivity contribution in [3.05, 3.63) is 252 Å². The summed E-state index contributed by atoms with van der Waals surface area (Å²) in [5.41, 5.74) is 7.13. The minimum Gasteiger partial charge on any atom is -0.870 e. The second-order valence-corrected chi connectivity index (χ2v) is 15.2. The van der Waals surface area contributed by atoms with Crippen LogP contribution in [0, 0.1) is 11.8 Å². The number of aliphatic carboxylic acids is 1. The Balaban J connectivity index is 0.000000230. The van der Waals surface area contributed by atoms with Gasteiger partial charge in [-0.15, -0.1) is 0 Å². The summed E-state index contributed by atoms with van der Waals surface area (Å²) in [5.74, 6) is -1.79. The summed E-state index contributed by atoms with van der Waals surface area (Å²) in [6.45, 7) is 3.57. The SMILES string of the molecule is CC(Cc1cn(C(c2ccccc2)(c2ccccc2)c2ccccc2)cn1)C(=O)O.COC(=O)C(C)Cc1cn(C(c2ccccc2)(c2ccccc2)c2ccccc2)cn1.[K+].[OH-]. The van der Waals surface area contributed by atoms with Crippen molar-refractivity contribution in [2.75, 3.05) is 7.11 Å². The number of aromatic nitrogens is 4. The molecule has 0 spiro atoms. The van der Waals surface area contributed by atoms with Crippen molar-refractivity contribution < 1.29 is 76.3 Å². The number of carboxylic acids is 1. The second kappa shape index (κ2) is 22.6. The number of methoxy groups -OCH3 is 1. The molecule has 6 aromatic carbocycles. The van der Waals surface area contributed by atoms with Gasteiger partial charge in [0.1, 0.15) is 11.1 Å². The second-order valence-electron chi connectivity index (χ2n) is 15.2. The molecule has 10 heteroatoms. The molecular formula is C53H51KN4O5. The molecule has 9 nitrogen and oxygen atoms in total. The molecular weight excluding hydrogens is 812 g/mol. The van der Waals surface area contributed by atoms with Gasteiger partial charge in [0.15, 0.2) is 0 Å². The first-order chi connectivity index (χ1) is 29.8. The monoisotopic (exact) mass is 862 g/mol. The summed E-state index contributed by atoms with van der Waals surface area (Å²) >= 11 is 0. The van der Waals surface area contributed by atoms with E-state index >= 15 is 0 Å². The van der Waals surface area contributed by atoms with Crippen LogP contribution in [0.2, 0.25) is 0 Å². The van der Waals surface area contributed by atoms with Crippen LogP contribution in [0.25, 0.3) is 0 Å². The first-order valence-electron chi connectivity index (χ1n) is 20.5. The molecule has 0 aliphatic rings. The molecule has 2 atom stereocenters. The van der Waals surface area contributed by atoms with E-state index in [0.717, 1.165) is 44.8 Å². The zero-order valence-electron chi connectivity index (χ0n) is 36.1. The number of benzene rings is 6. The van der Waals surface area contributed by atoms with Crippen LogP contribution in [-0.4, -0.2) is 48.7 Å². The summed E-state index contributed by atoms with van der Waals surface area (Å²) in [7, 11) is 1.42. The van der Waals surface area contributed by atoms with E-state index in [0.29, 0.717) is 12.8 Å². The quantitative estimate of drug-likeness (QED) is 0.0717. The molecule has 0 radical (unpaired) electrons. The molecule has 0 fully saturated rings. The van der Waals surface area contributed by atoms with Gasteiger partial charge in [-0.1, -0.05) is 196 Å². The van der Waals surface area contributed by atoms with Crippen molar-refractivity contribution in [2.24, 2.45) is 11.8 Å². The number of ether oxygens (including phenoxy) is 1. The third-order valence-electron chi connectivity index (χ3n) is 11.3. The standard InChI is InChI=1S/C27H26N2O2.C26H24N2O2.K.H2O/c1-21(26(30)31-2)18-25-19-29(20-28-25)27(22-12-6-3-7-13-22,23-14-8-4-9-15-23)24-16-10-5-11-17-24;1-20(25(29)30)17-24-18-28(19-27-24)26(21-11-5-2-6-12-21,22-13-7-3-8-14-22)23-15-9-4-10-16-23;;/h3-17,19-21H,18H2,1-2H3;2-16,18-20H,17H2,1H3,(H,29,30);;1H2/q;;+1;/p-1. The molecule has 8 aromatic rings. The molecule has 63 heavy (non-hydrogen) atoms. The van der Waals surface area contributed by atoms with Gasteiger partial charge in [-0.3, -0.25) is 9.59 Å². The zero-order valence-corrected chi connectivity index (χ0v) is 39.2. The largest absolute Gasteiger partial charge is 1.00 e. The van der Waals surface area contributed by atoms with Crippen LogP contribution >= 0.6 is 0 Å². The summed E-state index contributed by atoms with van der Waals surface area (Å²) in [5, 5.41) is 9.31. The Labute approximate surface area is 412 Å². The zero-order chi connectivity index (χ0) is 42.7. The average molecular weight is 863 g/mol. The van der Waals surface area contributed by atoms with Gasteiger partial charge in [-0.05, 0) is 33.4 Å². The molecule has 0 amide bonds. The summed E-state index contributed by atoms with van der Waals surface area (Å²) in [6.07, 6.45) is 8.62. The van der Waals surface area contributed by atoms with Crippen LogP contribution in [0.5, 0.6) is 0 Å². The van der Waals surface area contributed by atoms with E-state index in [-0.39, 0.29) is 68.7 Å². The number of hydrogen-bond acceptors (Lipinski definition) is 6. The van der Waals surface area contributed by atoms with Crippen LogP contribution < -0.4 is 51.4 Å². The van der Waals surface area contributed by atoms with Crippen molar-refractivity contribution in [2.45, 2.75) is 37.8 Å². The van der Waals surface area contributed by atoms with E-state index in [1.807, 2.05) is 105 Å². The Morgan fingerprint density at radius 1 is 0.508 bits per heavy atom. The van der Waals surface area contributed by atoms with Crippen molar-refractivity contribution in [1.82, 2.24) is 19.1 Å². The molecule has 0 saturated carbocycles. The minimum atomic E-state index is -0.815. The van der Waals surface area contributed by atoms with E-state index < -0.39 is 23.0 Å². The van der Waals surface area contributed by atoms with Crippen molar-refractivity contribution in [3.63, 3.8) is 0 Å². The van der Waals surface area contributed by atoms with E-state index in [2.05, 4.69) is 128 Å². The van der Waals surface area contributed by atoms with Gasteiger partial charge in [0.05, 0.1) is 43.0 Å². The van der Waals surface area contributed by atoms with E-state index in [1.165, 1.54) is 7.11 Å². The van der Waals surface area contributed by atoms with Crippen LogP contribution in [0.15, 0.2) is 207 Å². The van der Waals surface area contributed by atoms with E-state index in [1.54, 1.807) is 6.92 Å². The van der Waals surface area contributed by atoms with Crippen LogP contribution in [-0.2, 0) is 38.2 Å². The Morgan fingerprint density at radius 3 is 1.00 bits per heavy atom. The van der Waals surface area contributed by atoms with Gasteiger partial charge in [0.2, 0.25) is 0 Å². The van der Waals surface area contributed by atoms with Crippen LogP contribution in [0.1, 0.15) is 58.6 Å². The number of hydrogen-bond donors (Lipinski definition) is 1. The number of carboxylic acid groups (broad SMARTS) is 1. The smallest absolute Gasteiger partial charge is 0.870 e. The molecule has 2 N–H and O–H groups in total. The summed E-state index contributed by atoms with van der Waals surface area (Å²) < 4.78 is 9.16. The molecule has 0 saturated heterocycles. The van der Waals surface area contributed by atoms with Crippen LogP contribution in [0.4, 0.5) is 0 Å². The third-order valence-corrected chi connectivity index (χ3v) is 11.3. The molecule has 0 aliphatic carbocycles. The average Bonchev–Trinajstić information content (AvgIpc) is 3.99. The normalized spacial score (nSPS) is 12.0. The Hall–Kier alpha value is -5.72. The topological polar surface area (TPSA) is 129 Å².